The number of nitrogens with two attached hydrogens (primary N) is 1. The normalized spacial score (nSPS) is 11.0. The Bertz CT molecular complexity index is 807. The van der Waals surface area contributed by atoms with E-state index in [0.29, 0.717) is 11.4 Å². The second-order valence-corrected chi connectivity index (χ2v) is 6.80. The Morgan fingerprint density at radius 3 is 2.21 bits per heavy atom. The summed E-state index contributed by atoms with van der Waals surface area (Å²) >= 11 is 0. The number of benzene rings is 2. The highest BCUT2D eigenvalue weighted by atomic mass is 16.2. The standard InChI is InChI=1S/C23H29N3O2/c1-3-7-18(8-4-2)23(28)25-19-14-11-17(12-15-19)13-16-22(27)26-21-10-6-5-9-20(21)24/h5-6,9-16,18H,3-4,7-8,24H2,1-2H3,(H,25,28)(H,26,27)/b16-13-. The average Bonchev–Trinajstić information content (AvgIpc) is 2.69. The summed E-state index contributed by atoms with van der Waals surface area (Å²) in [6.07, 6.45) is 6.98. The van der Waals surface area contributed by atoms with Gasteiger partial charge in [0.15, 0.2) is 0 Å². The molecule has 0 saturated heterocycles. The maximum absolute atomic E-state index is 12.4. The minimum absolute atomic E-state index is 0.0590. The molecule has 0 aliphatic heterocycles. The monoisotopic (exact) mass is 379 g/mol. The fourth-order valence-corrected chi connectivity index (χ4v) is 2.98. The van der Waals surface area contributed by atoms with Crippen LogP contribution in [-0.2, 0) is 9.59 Å². The number of nitrogens with one attached hydrogen (secondary N) is 2. The number of hydrogen-bond acceptors (Lipinski definition) is 3. The first-order valence-corrected chi connectivity index (χ1v) is 9.78. The Balaban J connectivity index is 1.93. The van der Waals surface area contributed by atoms with Crippen molar-refractivity contribution in [2.75, 3.05) is 16.4 Å². The van der Waals surface area contributed by atoms with Gasteiger partial charge in [-0.05, 0) is 48.7 Å². The number of carbonyl (C=O) groups excluding carboxylic acids is 2. The lowest BCUT2D eigenvalue weighted by Gasteiger charge is -2.15. The third-order valence-electron chi connectivity index (χ3n) is 4.47. The maximum atomic E-state index is 12.4. The van der Waals surface area contributed by atoms with Gasteiger partial charge in [-0.25, -0.2) is 0 Å². The quantitative estimate of drug-likeness (QED) is 0.420. The highest BCUT2D eigenvalue weighted by Crippen LogP contribution is 2.18. The number of hydrogen-bond donors (Lipinski definition) is 3. The van der Waals surface area contributed by atoms with Gasteiger partial charge in [0.25, 0.3) is 0 Å². The lowest BCUT2D eigenvalue weighted by molar-refractivity contribution is -0.120. The van der Waals surface area contributed by atoms with Gasteiger partial charge < -0.3 is 16.4 Å². The van der Waals surface area contributed by atoms with Crippen LogP contribution in [0.5, 0.6) is 0 Å². The van der Waals surface area contributed by atoms with Crippen molar-refractivity contribution in [2.24, 2.45) is 5.92 Å². The fourth-order valence-electron chi connectivity index (χ4n) is 2.98. The van der Waals surface area contributed by atoms with Crippen molar-refractivity contribution in [3.63, 3.8) is 0 Å². The van der Waals surface area contributed by atoms with Gasteiger partial charge in [-0.2, -0.15) is 0 Å². The first-order chi connectivity index (χ1) is 13.5. The third kappa shape index (κ3) is 6.58. The molecule has 0 unspecified atom stereocenters. The molecule has 2 aromatic carbocycles. The lowest BCUT2D eigenvalue weighted by Crippen LogP contribution is -2.22. The number of amides is 2. The second kappa shape index (κ2) is 10.9. The highest BCUT2D eigenvalue weighted by molar-refractivity contribution is 6.03. The molecule has 0 radical (unpaired) electrons. The molecule has 0 bridgehead atoms. The van der Waals surface area contributed by atoms with Gasteiger partial charge in [0.05, 0.1) is 11.4 Å². The van der Waals surface area contributed by atoms with E-state index in [1.165, 1.54) is 6.08 Å². The zero-order valence-corrected chi connectivity index (χ0v) is 16.6. The van der Waals surface area contributed by atoms with Gasteiger partial charge in [0.2, 0.25) is 11.8 Å². The van der Waals surface area contributed by atoms with Crippen LogP contribution in [-0.4, -0.2) is 11.8 Å². The van der Waals surface area contributed by atoms with Gasteiger partial charge in [-0.1, -0.05) is 51.0 Å². The minimum Gasteiger partial charge on any atom is -0.397 e. The van der Waals surface area contributed by atoms with Crippen molar-refractivity contribution in [1.29, 1.82) is 0 Å². The SMILES string of the molecule is CCCC(CCC)C(=O)Nc1ccc(/C=C\C(=O)Nc2ccccc2N)cc1. The largest absolute Gasteiger partial charge is 0.397 e. The molecule has 0 heterocycles. The van der Waals surface area contributed by atoms with E-state index in [4.69, 9.17) is 5.73 Å². The zero-order valence-electron chi connectivity index (χ0n) is 16.6. The van der Waals surface area contributed by atoms with Gasteiger partial charge in [-0.3, -0.25) is 9.59 Å². The Labute approximate surface area is 167 Å². The smallest absolute Gasteiger partial charge is 0.248 e. The Morgan fingerprint density at radius 1 is 0.964 bits per heavy atom. The van der Waals surface area contributed by atoms with Crippen LogP contribution in [0.1, 0.15) is 45.1 Å². The van der Waals surface area contributed by atoms with Crippen molar-refractivity contribution in [3.8, 4) is 0 Å². The Kier molecular flexibility index (Phi) is 8.28. The number of carbonyl (C=O) groups is 2. The molecular weight excluding hydrogens is 350 g/mol. The fraction of sp³-hybridized carbons (Fsp3) is 0.304. The van der Waals surface area contributed by atoms with Crippen LogP contribution in [0.15, 0.2) is 54.6 Å². The summed E-state index contributed by atoms with van der Waals surface area (Å²) in [6.45, 7) is 4.19. The molecule has 0 saturated carbocycles. The molecule has 0 aromatic heterocycles. The van der Waals surface area contributed by atoms with E-state index in [1.807, 2.05) is 36.4 Å². The summed E-state index contributed by atoms with van der Waals surface area (Å²) in [7, 11) is 0. The van der Waals surface area contributed by atoms with Crippen LogP contribution in [0.3, 0.4) is 0 Å². The summed E-state index contributed by atoms with van der Waals surface area (Å²) < 4.78 is 0. The lowest BCUT2D eigenvalue weighted by atomic mass is 9.97. The van der Waals surface area contributed by atoms with Crippen LogP contribution in [0.25, 0.3) is 6.08 Å². The van der Waals surface area contributed by atoms with Crippen LogP contribution >= 0.6 is 0 Å². The van der Waals surface area contributed by atoms with Crippen molar-refractivity contribution >= 4 is 35.0 Å². The summed E-state index contributed by atoms with van der Waals surface area (Å²) in [6, 6.07) is 14.5. The zero-order chi connectivity index (χ0) is 20.4. The van der Waals surface area contributed by atoms with Crippen LogP contribution in [0, 0.1) is 5.92 Å². The molecule has 5 heteroatoms. The third-order valence-corrected chi connectivity index (χ3v) is 4.47. The number of para-hydroxylation sites is 2. The number of anilines is 3. The molecular formula is C23H29N3O2. The Morgan fingerprint density at radius 2 is 1.61 bits per heavy atom. The molecule has 5 nitrogen and oxygen atoms in total. The molecule has 0 aliphatic rings. The van der Waals surface area contributed by atoms with Gasteiger partial charge in [0.1, 0.15) is 0 Å². The summed E-state index contributed by atoms with van der Waals surface area (Å²) in [5.41, 5.74) is 8.56. The molecule has 2 amide bonds. The van der Waals surface area contributed by atoms with Crippen molar-refractivity contribution < 1.29 is 9.59 Å². The molecule has 0 fully saturated rings. The summed E-state index contributed by atoms with van der Waals surface area (Å²) in [5.74, 6) is -0.118. The van der Waals surface area contributed by atoms with E-state index >= 15 is 0 Å². The van der Waals surface area contributed by atoms with Gasteiger partial charge in [-0.15, -0.1) is 0 Å². The summed E-state index contributed by atoms with van der Waals surface area (Å²) in [4.78, 5) is 24.4. The first-order valence-electron chi connectivity index (χ1n) is 9.78. The average molecular weight is 380 g/mol. The highest BCUT2D eigenvalue weighted by Gasteiger charge is 2.16. The van der Waals surface area contributed by atoms with Crippen molar-refractivity contribution in [3.05, 3.63) is 60.2 Å². The maximum Gasteiger partial charge on any atom is 0.248 e. The molecule has 0 aliphatic carbocycles. The van der Waals surface area contributed by atoms with Crippen LogP contribution in [0.2, 0.25) is 0 Å². The van der Waals surface area contributed by atoms with Crippen LogP contribution in [0.4, 0.5) is 17.1 Å². The van der Waals surface area contributed by atoms with Crippen molar-refractivity contribution in [1.82, 2.24) is 0 Å². The molecule has 4 N–H and O–H groups in total. The topological polar surface area (TPSA) is 84.2 Å². The van der Waals surface area contributed by atoms with Gasteiger partial charge in [0, 0.05) is 17.7 Å². The van der Waals surface area contributed by atoms with E-state index < -0.39 is 0 Å². The van der Waals surface area contributed by atoms with Crippen LogP contribution < -0.4 is 16.4 Å². The molecule has 148 valence electrons. The molecule has 28 heavy (non-hydrogen) atoms. The van der Waals surface area contributed by atoms with Gasteiger partial charge >= 0.3 is 0 Å². The molecule has 0 atom stereocenters. The predicted molar refractivity (Wildman–Crippen MR) is 117 cm³/mol. The second-order valence-electron chi connectivity index (χ2n) is 6.80. The molecule has 2 aromatic rings. The Hall–Kier alpha value is -3.08. The van der Waals surface area contributed by atoms with E-state index in [9.17, 15) is 9.59 Å². The molecule has 2 rings (SSSR count). The van der Waals surface area contributed by atoms with Crippen molar-refractivity contribution in [2.45, 2.75) is 39.5 Å². The minimum atomic E-state index is -0.253. The number of rotatable bonds is 9. The van der Waals surface area contributed by atoms with E-state index in [1.54, 1.807) is 18.2 Å². The summed E-state index contributed by atoms with van der Waals surface area (Å²) in [5, 5.41) is 5.73. The van der Waals surface area contributed by atoms with E-state index in [2.05, 4.69) is 24.5 Å². The van der Waals surface area contributed by atoms with E-state index in [-0.39, 0.29) is 17.7 Å². The van der Waals surface area contributed by atoms with E-state index in [0.717, 1.165) is 36.9 Å². The number of nitrogen functional groups attached to an aromatic ring is 1. The molecule has 0 spiro atoms. The predicted octanol–water partition coefficient (Wildman–Crippen LogP) is 5.08. The first kappa shape index (κ1) is 21.2.